The van der Waals surface area contributed by atoms with Crippen molar-refractivity contribution in [2.45, 2.75) is 11.8 Å². The van der Waals surface area contributed by atoms with E-state index >= 15 is 0 Å². The Labute approximate surface area is 156 Å². The number of amides is 2. The van der Waals surface area contributed by atoms with Crippen LogP contribution in [0.15, 0.2) is 47.4 Å². The number of hydrogen-bond acceptors (Lipinski definition) is 5. The lowest BCUT2D eigenvalue weighted by atomic mass is 10.2. The van der Waals surface area contributed by atoms with Crippen LogP contribution >= 0.6 is 11.3 Å². The van der Waals surface area contributed by atoms with Gasteiger partial charge in [0.2, 0.25) is 10.0 Å². The van der Waals surface area contributed by atoms with Crippen LogP contribution in [0.4, 0.5) is 0 Å². The molecule has 26 heavy (non-hydrogen) atoms. The second-order valence-electron chi connectivity index (χ2n) is 5.54. The molecule has 0 fully saturated rings. The Morgan fingerprint density at radius 1 is 1.12 bits per heavy atom. The number of sulfonamides is 1. The lowest BCUT2D eigenvalue weighted by Gasteiger charge is -2.12. The van der Waals surface area contributed by atoms with E-state index in [0.717, 1.165) is 14.1 Å². The average molecular weight is 393 g/mol. The lowest BCUT2D eigenvalue weighted by molar-refractivity contribution is -0.117. The maximum Gasteiger partial charge on any atom is 0.269 e. The van der Waals surface area contributed by atoms with Crippen LogP contribution in [0.25, 0.3) is 6.08 Å². The maximum atomic E-state index is 12.1. The topological polar surface area (TPSA) is 95.6 Å². The zero-order valence-corrected chi connectivity index (χ0v) is 16.1. The summed E-state index contributed by atoms with van der Waals surface area (Å²) in [5, 5.41) is 0. The standard InChI is InChI=1S/C17H19N3O4S2/c1-12-7-8-14(25-12)9-10-16(21)18-19-17(22)13-5-4-6-15(11-13)26(23,24)20(2)3/h4-11H,1-3H3,(H,18,21)(H,19,22)/b10-9+. The largest absolute Gasteiger partial charge is 0.269 e. The highest BCUT2D eigenvalue weighted by atomic mass is 32.2. The predicted octanol–water partition coefficient (Wildman–Crippen LogP) is 1.78. The molecule has 138 valence electrons. The Morgan fingerprint density at radius 3 is 2.46 bits per heavy atom. The SMILES string of the molecule is Cc1ccc(/C=C/C(=O)NNC(=O)c2cccc(S(=O)(=O)N(C)C)c2)s1. The minimum atomic E-state index is -3.65. The van der Waals surface area contributed by atoms with Gasteiger partial charge in [0.05, 0.1) is 4.90 Å². The van der Waals surface area contributed by atoms with Gasteiger partial charge < -0.3 is 0 Å². The molecule has 1 aromatic heterocycles. The van der Waals surface area contributed by atoms with Gasteiger partial charge in [0.15, 0.2) is 0 Å². The van der Waals surface area contributed by atoms with Crippen molar-refractivity contribution in [2.24, 2.45) is 0 Å². The van der Waals surface area contributed by atoms with Crippen molar-refractivity contribution in [1.82, 2.24) is 15.2 Å². The fourth-order valence-corrected chi connectivity index (χ4v) is 3.67. The second kappa shape index (κ2) is 8.26. The van der Waals surface area contributed by atoms with Crippen molar-refractivity contribution in [2.75, 3.05) is 14.1 Å². The normalized spacial score (nSPS) is 11.7. The highest BCUT2D eigenvalue weighted by molar-refractivity contribution is 7.89. The molecule has 0 unspecified atom stereocenters. The van der Waals surface area contributed by atoms with E-state index in [9.17, 15) is 18.0 Å². The molecule has 2 rings (SSSR count). The van der Waals surface area contributed by atoms with Gasteiger partial charge in [0.1, 0.15) is 0 Å². The van der Waals surface area contributed by atoms with E-state index in [-0.39, 0.29) is 10.5 Å². The minimum Gasteiger partial charge on any atom is -0.268 e. The first-order valence-electron chi connectivity index (χ1n) is 7.57. The van der Waals surface area contributed by atoms with Gasteiger partial charge in [-0.15, -0.1) is 11.3 Å². The van der Waals surface area contributed by atoms with E-state index in [1.54, 1.807) is 17.4 Å². The van der Waals surface area contributed by atoms with Gasteiger partial charge in [-0.2, -0.15) is 0 Å². The van der Waals surface area contributed by atoms with Gasteiger partial charge in [-0.3, -0.25) is 20.4 Å². The van der Waals surface area contributed by atoms with Crippen LogP contribution in [-0.4, -0.2) is 38.6 Å². The summed E-state index contributed by atoms with van der Waals surface area (Å²) in [7, 11) is -0.833. The molecule has 0 saturated carbocycles. The Kier molecular flexibility index (Phi) is 6.30. The molecule has 2 amide bonds. The monoisotopic (exact) mass is 393 g/mol. The molecule has 2 N–H and O–H groups in total. The molecule has 1 aromatic carbocycles. The molecule has 0 aliphatic heterocycles. The molecule has 7 nitrogen and oxygen atoms in total. The Bertz CT molecular complexity index is 946. The van der Waals surface area contributed by atoms with Crippen LogP contribution in [0.2, 0.25) is 0 Å². The number of hydrogen-bond donors (Lipinski definition) is 2. The number of nitrogens with zero attached hydrogens (tertiary/aromatic N) is 1. The highest BCUT2D eigenvalue weighted by Crippen LogP contribution is 2.16. The average Bonchev–Trinajstić information content (AvgIpc) is 3.03. The van der Waals surface area contributed by atoms with E-state index in [0.29, 0.717) is 0 Å². The van der Waals surface area contributed by atoms with Crippen molar-refractivity contribution < 1.29 is 18.0 Å². The Morgan fingerprint density at radius 2 is 1.85 bits per heavy atom. The van der Waals surface area contributed by atoms with E-state index in [4.69, 9.17) is 0 Å². The summed E-state index contributed by atoms with van der Waals surface area (Å²) in [6.07, 6.45) is 2.95. The van der Waals surface area contributed by atoms with Gasteiger partial charge in [-0.1, -0.05) is 6.07 Å². The summed E-state index contributed by atoms with van der Waals surface area (Å²) < 4.78 is 25.3. The van der Waals surface area contributed by atoms with Crippen molar-refractivity contribution in [3.63, 3.8) is 0 Å². The van der Waals surface area contributed by atoms with Crippen LogP contribution < -0.4 is 10.9 Å². The van der Waals surface area contributed by atoms with Gasteiger partial charge in [-0.25, -0.2) is 12.7 Å². The predicted molar refractivity (Wildman–Crippen MR) is 101 cm³/mol. The Hall–Kier alpha value is -2.49. The van der Waals surface area contributed by atoms with Crippen molar-refractivity contribution in [3.8, 4) is 0 Å². The maximum absolute atomic E-state index is 12.1. The number of carbonyl (C=O) groups is 2. The van der Waals surface area contributed by atoms with Crippen molar-refractivity contribution in [3.05, 3.63) is 57.8 Å². The fraction of sp³-hybridized carbons (Fsp3) is 0.176. The number of rotatable bonds is 5. The van der Waals surface area contributed by atoms with Crippen molar-refractivity contribution in [1.29, 1.82) is 0 Å². The third kappa shape index (κ3) is 5.01. The molecule has 2 aromatic rings. The number of benzene rings is 1. The smallest absolute Gasteiger partial charge is 0.268 e. The quantitative estimate of drug-likeness (QED) is 0.598. The van der Waals surface area contributed by atoms with Gasteiger partial charge >= 0.3 is 0 Å². The van der Waals surface area contributed by atoms with Crippen LogP contribution in [0, 0.1) is 6.92 Å². The summed E-state index contributed by atoms with van der Waals surface area (Å²) in [5.41, 5.74) is 4.63. The summed E-state index contributed by atoms with van der Waals surface area (Å²) in [6, 6.07) is 9.40. The molecule has 0 atom stereocenters. The number of aryl methyl sites for hydroxylation is 1. The van der Waals surface area contributed by atoms with Gasteiger partial charge in [-0.05, 0) is 43.3 Å². The second-order valence-corrected chi connectivity index (χ2v) is 9.01. The molecular weight excluding hydrogens is 374 g/mol. The van der Waals surface area contributed by atoms with E-state index < -0.39 is 21.8 Å². The lowest BCUT2D eigenvalue weighted by Crippen LogP contribution is -2.40. The molecule has 0 radical (unpaired) electrons. The molecule has 0 aliphatic rings. The van der Waals surface area contributed by atoms with E-state index in [1.807, 2.05) is 19.1 Å². The molecule has 0 bridgehead atoms. The molecule has 0 saturated heterocycles. The number of nitrogens with one attached hydrogen (secondary N) is 2. The number of hydrazine groups is 1. The van der Waals surface area contributed by atoms with Gasteiger partial charge in [0.25, 0.3) is 11.8 Å². The Balaban J connectivity index is 2.00. The molecule has 0 spiro atoms. The van der Waals surface area contributed by atoms with E-state index in [1.165, 1.54) is 44.4 Å². The van der Waals surface area contributed by atoms with Crippen molar-refractivity contribution >= 4 is 39.3 Å². The fourth-order valence-electron chi connectivity index (χ4n) is 1.94. The van der Waals surface area contributed by atoms with E-state index in [2.05, 4.69) is 10.9 Å². The third-order valence-electron chi connectivity index (χ3n) is 3.33. The van der Waals surface area contributed by atoms with Crippen LogP contribution in [0.1, 0.15) is 20.1 Å². The summed E-state index contributed by atoms with van der Waals surface area (Å²) in [4.78, 5) is 25.9. The molecule has 0 aliphatic carbocycles. The molecule has 9 heteroatoms. The first kappa shape index (κ1) is 19.8. The van der Waals surface area contributed by atoms with Crippen LogP contribution in [-0.2, 0) is 14.8 Å². The number of thiophene rings is 1. The first-order chi connectivity index (χ1) is 12.2. The summed E-state index contributed by atoms with van der Waals surface area (Å²) >= 11 is 1.54. The van der Waals surface area contributed by atoms with Crippen LogP contribution in [0.5, 0.6) is 0 Å². The van der Waals surface area contributed by atoms with Crippen LogP contribution in [0.3, 0.4) is 0 Å². The molecule has 1 heterocycles. The highest BCUT2D eigenvalue weighted by Gasteiger charge is 2.18. The third-order valence-corrected chi connectivity index (χ3v) is 6.11. The van der Waals surface area contributed by atoms with Gasteiger partial charge in [0, 0.05) is 35.5 Å². The zero-order chi connectivity index (χ0) is 19.3. The summed E-state index contributed by atoms with van der Waals surface area (Å²) in [6.45, 7) is 1.97. The number of carbonyl (C=O) groups excluding carboxylic acids is 2. The summed E-state index contributed by atoms with van der Waals surface area (Å²) in [5.74, 6) is -1.11. The zero-order valence-electron chi connectivity index (χ0n) is 14.5. The minimum absolute atomic E-state index is 0.00515. The molecular formula is C17H19N3O4S2. The first-order valence-corrected chi connectivity index (χ1v) is 9.83.